The first-order chi connectivity index (χ1) is 5.86. The highest BCUT2D eigenvalue weighted by molar-refractivity contribution is 8.01. The van der Waals surface area contributed by atoms with E-state index in [1.807, 2.05) is 11.8 Å². The molecule has 1 nitrogen and oxygen atoms in total. The summed E-state index contributed by atoms with van der Waals surface area (Å²) in [6.07, 6.45) is 3.27. The minimum atomic E-state index is -0.0721. The van der Waals surface area contributed by atoms with Gasteiger partial charge in [0, 0.05) is 5.25 Å². The van der Waals surface area contributed by atoms with E-state index < -0.39 is 0 Å². The Morgan fingerprint density at radius 2 is 2.42 bits per heavy atom. The maximum absolute atomic E-state index is 9.57. The highest BCUT2D eigenvalue weighted by atomic mass is 32.2. The smallest absolute Gasteiger partial charge is 0.0662 e. The van der Waals surface area contributed by atoms with Crippen molar-refractivity contribution in [3.8, 4) is 0 Å². The van der Waals surface area contributed by atoms with Crippen LogP contribution < -0.4 is 0 Å². The standard InChI is InChI=1S/C9H12OS2/c10-7-3-1-4-8(7)12-9-5-2-6-11-9/h2,5-8,10H,1,3-4H2/t7-,8-/m1/s1. The van der Waals surface area contributed by atoms with E-state index in [0.29, 0.717) is 5.25 Å². The normalized spacial score (nSPS) is 29.4. The molecule has 0 spiro atoms. The average molecular weight is 200 g/mol. The first-order valence-corrected chi connectivity index (χ1v) is 6.00. The molecule has 0 radical (unpaired) electrons. The molecule has 1 aliphatic carbocycles. The third-order valence-electron chi connectivity index (χ3n) is 2.18. The lowest BCUT2D eigenvalue weighted by atomic mass is 10.3. The van der Waals surface area contributed by atoms with Gasteiger partial charge >= 0.3 is 0 Å². The van der Waals surface area contributed by atoms with E-state index in [1.54, 1.807) is 11.3 Å². The summed E-state index contributed by atoms with van der Waals surface area (Å²) < 4.78 is 1.33. The van der Waals surface area contributed by atoms with Crippen molar-refractivity contribution in [3.63, 3.8) is 0 Å². The molecule has 2 atom stereocenters. The summed E-state index contributed by atoms with van der Waals surface area (Å²) in [6, 6.07) is 4.19. The molecule has 1 fully saturated rings. The number of hydrogen-bond acceptors (Lipinski definition) is 3. The van der Waals surface area contributed by atoms with Crippen molar-refractivity contribution in [1.82, 2.24) is 0 Å². The van der Waals surface area contributed by atoms with Crippen LogP contribution in [0.3, 0.4) is 0 Å². The van der Waals surface area contributed by atoms with Gasteiger partial charge in [-0.3, -0.25) is 0 Å². The Kier molecular flexibility index (Phi) is 2.73. The number of thiophene rings is 1. The Balaban J connectivity index is 1.95. The first kappa shape index (κ1) is 8.60. The molecule has 0 unspecified atom stereocenters. The zero-order chi connectivity index (χ0) is 8.39. The Labute approximate surface area is 80.8 Å². The van der Waals surface area contributed by atoms with E-state index in [9.17, 15) is 5.11 Å². The van der Waals surface area contributed by atoms with Crippen LogP contribution in [-0.2, 0) is 0 Å². The second-order valence-corrected chi connectivity index (χ2v) is 5.57. The minimum Gasteiger partial charge on any atom is -0.392 e. The monoisotopic (exact) mass is 200 g/mol. The summed E-state index contributed by atoms with van der Waals surface area (Å²) in [5.74, 6) is 0. The number of thioether (sulfide) groups is 1. The van der Waals surface area contributed by atoms with Gasteiger partial charge in [0.1, 0.15) is 0 Å². The van der Waals surface area contributed by atoms with Crippen molar-refractivity contribution in [2.45, 2.75) is 34.8 Å². The van der Waals surface area contributed by atoms with Crippen molar-refractivity contribution in [2.24, 2.45) is 0 Å². The van der Waals surface area contributed by atoms with Crippen LogP contribution in [0.2, 0.25) is 0 Å². The molecule has 12 heavy (non-hydrogen) atoms. The molecular weight excluding hydrogens is 188 g/mol. The van der Waals surface area contributed by atoms with E-state index in [2.05, 4.69) is 17.5 Å². The van der Waals surface area contributed by atoms with Crippen molar-refractivity contribution < 1.29 is 5.11 Å². The number of rotatable bonds is 2. The summed E-state index contributed by atoms with van der Waals surface area (Å²) in [6.45, 7) is 0. The molecule has 0 aliphatic heterocycles. The van der Waals surface area contributed by atoms with E-state index in [1.165, 1.54) is 17.1 Å². The van der Waals surface area contributed by atoms with Gasteiger partial charge in [0.05, 0.1) is 10.3 Å². The van der Waals surface area contributed by atoms with Crippen LogP contribution in [0.15, 0.2) is 21.7 Å². The highest BCUT2D eigenvalue weighted by Gasteiger charge is 2.25. The van der Waals surface area contributed by atoms with Crippen molar-refractivity contribution in [3.05, 3.63) is 17.5 Å². The molecule has 0 saturated heterocycles. The fourth-order valence-electron chi connectivity index (χ4n) is 1.52. The number of aliphatic hydroxyl groups excluding tert-OH is 1. The summed E-state index contributed by atoms with van der Waals surface area (Å²) in [4.78, 5) is 0. The average Bonchev–Trinajstić information content (AvgIpc) is 2.65. The molecule has 1 aromatic rings. The molecule has 1 aromatic heterocycles. The molecule has 0 aromatic carbocycles. The van der Waals surface area contributed by atoms with Crippen LogP contribution in [0.5, 0.6) is 0 Å². The summed E-state index contributed by atoms with van der Waals surface area (Å²) in [5, 5.41) is 12.1. The van der Waals surface area contributed by atoms with E-state index in [0.717, 1.165) is 6.42 Å². The molecule has 0 amide bonds. The van der Waals surface area contributed by atoms with Gasteiger partial charge in [-0.25, -0.2) is 0 Å². The van der Waals surface area contributed by atoms with Crippen molar-refractivity contribution in [2.75, 3.05) is 0 Å². The highest BCUT2D eigenvalue weighted by Crippen LogP contribution is 2.36. The molecule has 1 heterocycles. The summed E-state index contributed by atoms with van der Waals surface area (Å²) in [7, 11) is 0. The quantitative estimate of drug-likeness (QED) is 0.792. The first-order valence-electron chi connectivity index (χ1n) is 4.24. The maximum Gasteiger partial charge on any atom is 0.0662 e. The van der Waals surface area contributed by atoms with Gasteiger partial charge in [0.15, 0.2) is 0 Å². The lowest BCUT2D eigenvalue weighted by Crippen LogP contribution is -2.14. The van der Waals surface area contributed by atoms with Crippen molar-refractivity contribution >= 4 is 23.1 Å². The fourth-order valence-corrected chi connectivity index (χ4v) is 3.76. The van der Waals surface area contributed by atoms with Gasteiger partial charge in [-0.1, -0.05) is 6.07 Å². The molecular formula is C9H12OS2. The van der Waals surface area contributed by atoms with E-state index >= 15 is 0 Å². The molecule has 1 aliphatic rings. The fraction of sp³-hybridized carbons (Fsp3) is 0.556. The van der Waals surface area contributed by atoms with Crippen LogP contribution in [-0.4, -0.2) is 16.5 Å². The van der Waals surface area contributed by atoms with Crippen LogP contribution in [0, 0.1) is 0 Å². The lowest BCUT2D eigenvalue weighted by molar-refractivity contribution is 0.188. The Hall–Kier alpha value is 0.01000. The number of hydrogen-bond donors (Lipinski definition) is 1. The molecule has 2 rings (SSSR count). The minimum absolute atomic E-state index is 0.0721. The Morgan fingerprint density at radius 1 is 1.50 bits per heavy atom. The van der Waals surface area contributed by atoms with Crippen LogP contribution in [0.4, 0.5) is 0 Å². The van der Waals surface area contributed by atoms with Crippen molar-refractivity contribution in [1.29, 1.82) is 0 Å². The van der Waals surface area contributed by atoms with Crippen LogP contribution in [0.25, 0.3) is 0 Å². The van der Waals surface area contributed by atoms with Gasteiger partial charge in [-0.2, -0.15) is 0 Å². The molecule has 1 N–H and O–H groups in total. The van der Waals surface area contributed by atoms with E-state index in [4.69, 9.17) is 0 Å². The van der Waals surface area contributed by atoms with Gasteiger partial charge in [0.2, 0.25) is 0 Å². The van der Waals surface area contributed by atoms with Crippen LogP contribution >= 0.6 is 23.1 Å². The lowest BCUT2D eigenvalue weighted by Gasteiger charge is -2.11. The SMILES string of the molecule is O[C@@H]1CCC[C@H]1Sc1cccs1. The predicted octanol–water partition coefficient (Wildman–Crippen LogP) is 2.75. The summed E-state index contributed by atoms with van der Waals surface area (Å²) in [5.41, 5.74) is 0. The molecule has 1 saturated carbocycles. The van der Waals surface area contributed by atoms with Gasteiger partial charge < -0.3 is 5.11 Å². The maximum atomic E-state index is 9.57. The third-order valence-corrected chi connectivity index (χ3v) is 4.64. The van der Waals surface area contributed by atoms with E-state index in [-0.39, 0.29) is 6.10 Å². The zero-order valence-corrected chi connectivity index (χ0v) is 8.40. The van der Waals surface area contributed by atoms with Gasteiger partial charge in [-0.15, -0.1) is 23.1 Å². The topological polar surface area (TPSA) is 20.2 Å². The molecule has 66 valence electrons. The van der Waals surface area contributed by atoms with Gasteiger partial charge in [-0.05, 0) is 30.7 Å². The number of aliphatic hydroxyl groups is 1. The Morgan fingerprint density at radius 3 is 3.00 bits per heavy atom. The largest absolute Gasteiger partial charge is 0.392 e. The van der Waals surface area contributed by atoms with Gasteiger partial charge in [0.25, 0.3) is 0 Å². The second-order valence-electron chi connectivity index (χ2n) is 3.09. The molecule has 3 heteroatoms. The zero-order valence-electron chi connectivity index (χ0n) is 6.77. The second kappa shape index (κ2) is 3.81. The predicted molar refractivity (Wildman–Crippen MR) is 53.8 cm³/mol. The molecule has 0 bridgehead atoms. The third kappa shape index (κ3) is 1.84. The van der Waals surface area contributed by atoms with Crippen LogP contribution in [0.1, 0.15) is 19.3 Å². The summed E-state index contributed by atoms with van der Waals surface area (Å²) >= 11 is 3.60. The Bertz CT molecular complexity index is 233.